The maximum atomic E-state index is 11.1. The molecule has 2 atom stereocenters. The second kappa shape index (κ2) is 11.9. The second-order valence-electron chi connectivity index (χ2n) is 10.1. The highest BCUT2D eigenvalue weighted by Gasteiger charge is 2.23. The summed E-state index contributed by atoms with van der Waals surface area (Å²) in [5.74, 6) is 3.05. The van der Waals surface area contributed by atoms with Crippen molar-refractivity contribution >= 4 is 10.9 Å². The van der Waals surface area contributed by atoms with Crippen molar-refractivity contribution in [3.63, 3.8) is 0 Å². The molecule has 2 aromatic carbocycles. The number of hydrogen-bond acceptors (Lipinski definition) is 6. The highest BCUT2D eigenvalue weighted by atomic mass is 16.6. The fourth-order valence-electron chi connectivity index (χ4n) is 5.61. The fraction of sp³-hybridized carbons (Fsp3) is 0.500. The van der Waals surface area contributed by atoms with Crippen LogP contribution in [0.2, 0.25) is 0 Å². The minimum atomic E-state index is -0.557. The number of nitrogens with zero attached hydrogens (tertiary/aromatic N) is 2. The van der Waals surface area contributed by atoms with Gasteiger partial charge in [-0.2, -0.15) is 0 Å². The number of para-hydroxylation sites is 1. The Kier molecular flexibility index (Phi) is 8.24. The number of pyridine rings is 1. The zero-order valence-electron chi connectivity index (χ0n) is 21.3. The van der Waals surface area contributed by atoms with Gasteiger partial charge >= 0.3 is 0 Å². The van der Waals surface area contributed by atoms with Crippen molar-refractivity contribution < 1.29 is 19.3 Å². The Balaban J connectivity index is 1.07. The Bertz CT molecular complexity index is 1150. The van der Waals surface area contributed by atoms with Gasteiger partial charge in [0.25, 0.3) is 0 Å². The van der Waals surface area contributed by atoms with E-state index in [2.05, 4.69) is 22.0 Å². The first-order valence-corrected chi connectivity index (χ1v) is 13.4. The molecule has 1 N–H and O–H groups in total. The molecule has 2 unspecified atom stereocenters. The van der Waals surface area contributed by atoms with Crippen molar-refractivity contribution in [1.29, 1.82) is 0 Å². The van der Waals surface area contributed by atoms with Gasteiger partial charge in [-0.1, -0.05) is 37.1 Å². The summed E-state index contributed by atoms with van der Waals surface area (Å²) in [5.41, 5.74) is 3.04. The van der Waals surface area contributed by atoms with Gasteiger partial charge in [-0.3, -0.25) is 0 Å². The number of benzene rings is 2. The summed E-state index contributed by atoms with van der Waals surface area (Å²) in [7, 11) is 1.62. The molecule has 2 aliphatic rings. The summed E-state index contributed by atoms with van der Waals surface area (Å²) in [4.78, 5) is 7.05. The highest BCUT2D eigenvalue weighted by Crippen LogP contribution is 2.32. The van der Waals surface area contributed by atoms with E-state index < -0.39 is 6.10 Å². The first-order chi connectivity index (χ1) is 17.7. The van der Waals surface area contributed by atoms with Crippen LogP contribution in [0.25, 0.3) is 10.9 Å². The lowest BCUT2D eigenvalue weighted by Crippen LogP contribution is -2.38. The summed E-state index contributed by atoms with van der Waals surface area (Å²) in [5, 5.41) is 12.1. The second-order valence-corrected chi connectivity index (χ2v) is 10.1. The lowest BCUT2D eigenvalue weighted by Gasteiger charge is -2.34. The maximum Gasteiger partial charge on any atom is 0.213 e. The normalized spacial score (nSPS) is 18.8. The van der Waals surface area contributed by atoms with E-state index in [-0.39, 0.29) is 0 Å². The van der Waals surface area contributed by atoms with Gasteiger partial charge in [0.2, 0.25) is 5.88 Å². The number of aryl methyl sites for hydroxylation is 1. The van der Waals surface area contributed by atoms with E-state index in [0.717, 1.165) is 47.5 Å². The fourth-order valence-corrected chi connectivity index (χ4v) is 5.61. The molecule has 1 saturated heterocycles. The number of aliphatic hydroxyl groups is 1. The Morgan fingerprint density at radius 1 is 1.06 bits per heavy atom. The van der Waals surface area contributed by atoms with Gasteiger partial charge in [0.1, 0.15) is 13.2 Å². The quantitative estimate of drug-likeness (QED) is 0.375. The largest absolute Gasteiger partial charge is 0.486 e. The van der Waals surface area contributed by atoms with Crippen LogP contribution in [0.3, 0.4) is 0 Å². The number of methoxy groups -OCH3 is 1. The first kappa shape index (κ1) is 24.8. The number of hydrogen-bond donors (Lipinski definition) is 1. The molecule has 0 bridgehead atoms. The number of ether oxygens (including phenoxy) is 3. The van der Waals surface area contributed by atoms with Crippen molar-refractivity contribution in [2.75, 3.05) is 40.0 Å². The molecule has 1 aromatic heterocycles. The van der Waals surface area contributed by atoms with E-state index in [4.69, 9.17) is 14.2 Å². The van der Waals surface area contributed by atoms with Crippen molar-refractivity contribution in [3.8, 4) is 17.4 Å². The number of β-amino-alcohol motifs (C(OH)–C–C–N with tert-alkyl or cyclic N) is 1. The van der Waals surface area contributed by atoms with Gasteiger partial charge in [0.05, 0.1) is 18.7 Å². The molecule has 192 valence electrons. The van der Waals surface area contributed by atoms with E-state index in [1.807, 2.05) is 36.4 Å². The van der Waals surface area contributed by atoms with Crippen LogP contribution in [0, 0.1) is 5.92 Å². The number of rotatable bonds is 10. The van der Waals surface area contributed by atoms with Crippen LogP contribution in [0.15, 0.2) is 48.5 Å². The first-order valence-electron chi connectivity index (χ1n) is 13.4. The highest BCUT2D eigenvalue weighted by molar-refractivity contribution is 5.82. The Hall–Kier alpha value is -2.83. The summed E-state index contributed by atoms with van der Waals surface area (Å²) in [6.07, 6.45) is 8.00. The Labute approximate surface area is 214 Å². The molecule has 3 heterocycles. The van der Waals surface area contributed by atoms with Crippen molar-refractivity contribution in [2.24, 2.45) is 5.92 Å². The molecule has 6 nitrogen and oxygen atoms in total. The van der Waals surface area contributed by atoms with Crippen LogP contribution in [0.1, 0.15) is 55.8 Å². The summed E-state index contributed by atoms with van der Waals surface area (Å²) < 4.78 is 16.6. The summed E-state index contributed by atoms with van der Waals surface area (Å²) >= 11 is 0. The SMILES string of the molecule is COc1ccc2cccc(C(O)CN3CCCC(CCCCCc4ccc5c(c4)OCCO5)C3)c2n1. The lowest BCUT2D eigenvalue weighted by atomic mass is 9.91. The van der Waals surface area contributed by atoms with Crippen LogP contribution >= 0.6 is 0 Å². The van der Waals surface area contributed by atoms with Crippen LogP contribution in [0.4, 0.5) is 0 Å². The summed E-state index contributed by atoms with van der Waals surface area (Å²) in [6, 6.07) is 16.2. The number of piperidine rings is 1. The smallest absolute Gasteiger partial charge is 0.213 e. The van der Waals surface area contributed by atoms with Gasteiger partial charge in [-0.15, -0.1) is 0 Å². The molecule has 0 spiro atoms. The van der Waals surface area contributed by atoms with E-state index in [0.29, 0.717) is 31.6 Å². The minimum absolute atomic E-state index is 0.557. The minimum Gasteiger partial charge on any atom is -0.486 e. The topological polar surface area (TPSA) is 64.1 Å². The summed E-state index contributed by atoms with van der Waals surface area (Å²) in [6.45, 7) is 4.05. The molecule has 1 fully saturated rings. The zero-order valence-corrected chi connectivity index (χ0v) is 21.3. The van der Waals surface area contributed by atoms with Crippen LogP contribution in [-0.2, 0) is 6.42 Å². The molecule has 0 saturated carbocycles. The molecular weight excluding hydrogens is 452 g/mol. The van der Waals surface area contributed by atoms with Gasteiger partial charge in [-0.05, 0) is 68.3 Å². The number of aromatic nitrogens is 1. The molecule has 0 aliphatic carbocycles. The van der Waals surface area contributed by atoms with Crippen molar-refractivity contribution in [3.05, 3.63) is 59.7 Å². The molecule has 2 aliphatic heterocycles. The molecule has 0 radical (unpaired) electrons. The van der Waals surface area contributed by atoms with Gasteiger partial charge in [-0.25, -0.2) is 4.98 Å². The van der Waals surface area contributed by atoms with E-state index in [1.54, 1.807) is 7.11 Å². The maximum absolute atomic E-state index is 11.1. The van der Waals surface area contributed by atoms with Crippen molar-refractivity contribution in [1.82, 2.24) is 9.88 Å². The number of aliphatic hydroxyl groups excluding tert-OH is 1. The van der Waals surface area contributed by atoms with Crippen LogP contribution < -0.4 is 14.2 Å². The zero-order chi connectivity index (χ0) is 24.7. The Morgan fingerprint density at radius 2 is 1.94 bits per heavy atom. The average Bonchev–Trinajstić information content (AvgIpc) is 2.92. The van der Waals surface area contributed by atoms with Gasteiger partial charge < -0.3 is 24.2 Å². The van der Waals surface area contributed by atoms with E-state index in [9.17, 15) is 5.11 Å². The van der Waals surface area contributed by atoms with Crippen LogP contribution in [-0.4, -0.2) is 54.9 Å². The molecule has 0 amide bonds. The Morgan fingerprint density at radius 3 is 2.83 bits per heavy atom. The average molecular weight is 491 g/mol. The molecule has 6 heteroatoms. The molecule has 3 aromatic rings. The monoisotopic (exact) mass is 490 g/mol. The molecule has 5 rings (SSSR count). The van der Waals surface area contributed by atoms with Gasteiger partial charge in [0.15, 0.2) is 11.5 Å². The number of unbranched alkanes of at least 4 members (excludes halogenated alkanes) is 2. The molecular formula is C30H38N2O4. The van der Waals surface area contributed by atoms with E-state index >= 15 is 0 Å². The van der Waals surface area contributed by atoms with Crippen LogP contribution in [0.5, 0.6) is 17.4 Å². The number of likely N-dealkylation sites (tertiary alicyclic amines) is 1. The van der Waals surface area contributed by atoms with Crippen molar-refractivity contribution in [2.45, 2.75) is 51.0 Å². The predicted molar refractivity (Wildman–Crippen MR) is 142 cm³/mol. The third-order valence-electron chi connectivity index (χ3n) is 7.51. The third-order valence-corrected chi connectivity index (χ3v) is 7.51. The number of fused-ring (bicyclic) bond motifs is 2. The third kappa shape index (κ3) is 6.11. The standard InChI is InChI=1S/C30H38N2O4/c1-34-29-15-13-24-10-5-11-25(30(24)31-29)26(33)21-32-16-6-9-23(20-32)8-4-2-3-7-22-12-14-27-28(19-22)36-18-17-35-27/h5,10-15,19,23,26,33H,2-4,6-9,16-18,20-21H2,1H3. The van der Waals surface area contributed by atoms with Gasteiger partial charge in [0, 0.05) is 30.1 Å². The predicted octanol–water partition coefficient (Wildman–Crippen LogP) is 5.56. The molecule has 36 heavy (non-hydrogen) atoms. The lowest BCUT2D eigenvalue weighted by molar-refractivity contribution is 0.0827. The van der Waals surface area contributed by atoms with E-state index in [1.165, 1.54) is 44.1 Å².